The average molecular weight is 515 g/mol. The van der Waals surface area contributed by atoms with Gasteiger partial charge in [-0.2, -0.15) is 0 Å². The maximum atomic E-state index is 12.9. The van der Waals surface area contributed by atoms with Crippen LogP contribution in [0.2, 0.25) is 5.02 Å². The van der Waals surface area contributed by atoms with Crippen LogP contribution in [0.4, 0.5) is 10.5 Å². The van der Waals surface area contributed by atoms with Crippen molar-refractivity contribution < 1.29 is 19.5 Å². The average Bonchev–Trinajstić information content (AvgIpc) is 2.59. The van der Waals surface area contributed by atoms with Crippen molar-refractivity contribution in [1.29, 1.82) is 0 Å². The number of urea groups is 1. The number of nitrogens with one attached hydrogen (secondary N) is 1. The van der Waals surface area contributed by atoms with E-state index in [4.69, 9.17) is 11.6 Å². The molecule has 6 nitrogen and oxygen atoms in total. The first kappa shape index (κ1) is 19.6. The molecule has 9 heteroatoms. The van der Waals surface area contributed by atoms with E-state index in [-0.39, 0.29) is 22.6 Å². The summed E-state index contributed by atoms with van der Waals surface area (Å²) < 4.78 is 1.01. The molecule has 2 N–H and O–H groups in total. The van der Waals surface area contributed by atoms with Crippen LogP contribution in [-0.2, 0) is 9.59 Å². The van der Waals surface area contributed by atoms with E-state index in [0.29, 0.717) is 19.5 Å². The Hall–Kier alpha value is -2.16. The molecule has 1 aliphatic heterocycles. The number of phenolic OH excluding ortho intramolecular Hbond substituents is 1. The molecule has 2 aromatic carbocycles. The summed E-state index contributed by atoms with van der Waals surface area (Å²) in [6.45, 7) is 1.66. The molecule has 27 heavy (non-hydrogen) atoms. The van der Waals surface area contributed by atoms with Crippen LogP contribution in [-0.4, -0.2) is 23.0 Å². The Morgan fingerprint density at radius 3 is 2.59 bits per heavy atom. The molecule has 0 aromatic heterocycles. The van der Waals surface area contributed by atoms with E-state index in [1.807, 2.05) is 0 Å². The number of phenols is 1. The van der Waals surface area contributed by atoms with Crippen LogP contribution in [0, 0.1) is 6.92 Å². The maximum absolute atomic E-state index is 12.9. The van der Waals surface area contributed by atoms with E-state index in [2.05, 4.69) is 37.2 Å². The molecule has 1 aliphatic rings. The minimum atomic E-state index is -0.868. The summed E-state index contributed by atoms with van der Waals surface area (Å²) in [5, 5.41) is 12.7. The van der Waals surface area contributed by atoms with Crippen LogP contribution < -0.4 is 10.2 Å². The van der Waals surface area contributed by atoms with Gasteiger partial charge in [0.05, 0.1) is 10.2 Å². The second kappa shape index (κ2) is 7.46. The Bertz CT molecular complexity index is 1040. The van der Waals surface area contributed by atoms with Gasteiger partial charge < -0.3 is 5.11 Å². The van der Waals surface area contributed by atoms with Gasteiger partial charge in [-0.3, -0.25) is 14.9 Å². The Morgan fingerprint density at radius 2 is 1.89 bits per heavy atom. The van der Waals surface area contributed by atoms with Crippen LogP contribution >= 0.6 is 43.5 Å². The highest BCUT2D eigenvalue weighted by molar-refractivity contribution is 9.11. The monoisotopic (exact) mass is 512 g/mol. The molecular formula is C18H11Br2ClN2O4. The highest BCUT2D eigenvalue weighted by atomic mass is 79.9. The molecule has 1 saturated heterocycles. The van der Waals surface area contributed by atoms with Gasteiger partial charge >= 0.3 is 6.03 Å². The largest absolute Gasteiger partial charge is 0.506 e. The number of carbonyl (C=O) groups excluding carboxylic acids is 3. The lowest BCUT2D eigenvalue weighted by Crippen LogP contribution is -2.54. The Balaban J connectivity index is 2.12. The predicted octanol–water partition coefficient (Wildman–Crippen LogP) is 4.55. The molecule has 0 bridgehead atoms. The number of hydrogen-bond acceptors (Lipinski definition) is 4. The van der Waals surface area contributed by atoms with E-state index < -0.39 is 17.8 Å². The summed E-state index contributed by atoms with van der Waals surface area (Å²) in [5.41, 5.74) is 0.716. The number of aromatic hydroxyl groups is 1. The summed E-state index contributed by atoms with van der Waals surface area (Å²) >= 11 is 12.6. The maximum Gasteiger partial charge on any atom is 0.335 e. The highest BCUT2D eigenvalue weighted by Crippen LogP contribution is 2.34. The highest BCUT2D eigenvalue weighted by Gasteiger charge is 2.37. The van der Waals surface area contributed by atoms with Gasteiger partial charge in [-0.05, 0) is 58.8 Å². The van der Waals surface area contributed by atoms with Crippen molar-refractivity contribution in [2.24, 2.45) is 0 Å². The lowest BCUT2D eigenvalue weighted by atomic mass is 10.1. The third-order valence-electron chi connectivity index (χ3n) is 3.94. The Morgan fingerprint density at radius 1 is 1.19 bits per heavy atom. The van der Waals surface area contributed by atoms with Crippen molar-refractivity contribution in [3.8, 4) is 5.75 Å². The minimum absolute atomic E-state index is 0.145. The van der Waals surface area contributed by atoms with Crippen molar-refractivity contribution in [2.45, 2.75) is 6.92 Å². The van der Waals surface area contributed by atoms with E-state index in [0.717, 1.165) is 4.90 Å². The number of benzene rings is 2. The van der Waals surface area contributed by atoms with E-state index >= 15 is 0 Å². The van der Waals surface area contributed by atoms with Gasteiger partial charge in [-0.1, -0.05) is 33.6 Å². The molecule has 0 spiro atoms. The number of barbiturate groups is 1. The van der Waals surface area contributed by atoms with E-state index in [1.165, 1.54) is 6.08 Å². The van der Waals surface area contributed by atoms with Crippen molar-refractivity contribution in [2.75, 3.05) is 4.90 Å². The van der Waals surface area contributed by atoms with Gasteiger partial charge in [0.1, 0.15) is 11.3 Å². The number of rotatable bonds is 2. The number of anilines is 1. The van der Waals surface area contributed by atoms with Crippen molar-refractivity contribution >= 4 is 73.1 Å². The molecule has 2 aromatic rings. The molecule has 0 radical (unpaired) electrons. The molecular weight excluding hydrogens is 503 g/mol. The summed E-state index contributed by atoms with van der Waals surface area (Å²) in [7, 11) is 0. The lowest BCUT2D eigenvalue weighted by molar-refractivity contribution is -0.122. The zero-order valence-electron chi connectivity index (χ0n) is 13.7. The summed E-state index contributed by atoms with van der Waals surface area (Å²) in [4.78, 5) is 38.3. The number of halogens is 3. The number of amides is 4. The minimum Gasteiger partial charge on any atom is -0.506 e. The molecule has 0 saturated carbocycles. The van der Waals surface area contributed by atoms with Gasteiger partial charge in [0.2, 0.25) is 0 Å². The van der Waals surface area contributed by atoms with Gasteiger partial charge in [0.15, 0.2) is 0 Å². The first-order valence-corrected chi connectivity index (χ1v) is 9.51. The van der Waals surface area contributed by atoms with Crippen LogP contribution in [0.25, 0.3) is 6.08 Å². The first-order chi connectivity index (χ1) is 12.7. The molecule has 4 amide bonds. The number of hydrogen-bond donors (Lipinski definition) is 2. The van der Waals surface area contributed by atoms with Crippen LogP contribution in [0.15, 0.2) is 44.9 Å². The van der Waals surface area contributed by atoms with Crippen molar-refractivity contribution in [3.63, 3.8) is 0 Å². The second-order valence-corrected chi connectivity index (χ2v) is 7.84. The Kier molecular flexibility index (Phi) is 5.41. The van der Waals surface area contributed by atoms with Gasteiger partial charge in [-0.15, -0.1) is 0 Å². The van der Waals surface area contributed by atoms with Crippen molar-refractivity contribution in [1.82, 2.24) is 5.32 Å². The van der Waals surface area contributed by atoms with Crippen LogP contribution in [0.3, 0.4) is 0 Å². The first-order valence-electron chi connectivity index (χ1n) is 7.55. The quantitative estimate of drug-likeness (QED) is 0.455. The molecule has 0 unspecified atom stereocenters. The fraction of sp³-hybridized carbons (Fsp3) is 0.0556. The van der Waals surface area contributed by atoms with E-state index in [1.54, 1.807) is 37.3 Å². The molecule has 0 aliphatic carbocycles. The number of nitrogens with zero attached hydrogens (tertiary/aromatic N) is 1. The molecule has 1 fully saturated rings. The second-order valence-electron chi connectivity index (χ2n) is 5.67. The van der Waals surface area contributed by atoms with Crippen LogP contribution in [0.5, 0.6) is 5.75 Å². The molecule has 0 atom stereocenters. The molecule has 3 rings (SSSR count). The smallest absolute Gasteiger partial charge is 0.335 e. The standard InChI is InChI=1S/C18H11Br2ClN2O4/c1-8-13(21)3-2-4-14(8)23-17(26)11(16(25)22-18(23)27)6-9-5-10(19)7-12(20)15(9)24/h2-7,24H,1H3,(H,22,25,27)/b11-6+. The fourth-order valence-corrected chi connectivity index (χ4v) is 3.99. The van der Waals surface area contributed by atoms with Gasteiger partial charge in [0, 0.05) is 15.1 Å². The third-order valence-corrected chi connectivity index (χ3v) is 5.41. The van der Waals surface area contributed by atoms with Gasteiger partial charge in [0.25, 0.3) is 11.8 Å². The predicted molar refractivity (Wildman–Crippen MR) is 109 cm³/mol. The zero-order chi connectivity index (χ0) is 19.9. The van der Waals surface area contributed by atoms with Crippen LogP contribution in [0.1, 0.15) is 11.1 Å². The third kappa shape index (κ3) is 3.65. The van der Waals surface area contributed by atoms with E-state index in [9.17, 15) is 19.5 Å². The molecule has 1 heterocycles. The Labute approximate surface area is 176 Å². The summed E-state index contributed by atoms with van der Waals surface area (Å²) in [6, 6.07) is 7.07. The fourth-order valence-electron chi connectivity index (χ4n) is 2.57. The molecule has 138 valence electrons. The normalized spacial score (nSPS) is 16.1. The SMILES string of the molecule is Cc1c(Cl)cccc1N1C(=O)NC(=O)/C(=C\c2cc(Br)cc(Br)c2O)C1=O. The lowest BCUT2D eigenvalue weighted by Gasteiger charge is -2.27. The topological polar surface area (TPSA) is 86.7 Å². The summed E-state index contributed by atoms with van der Waals surface area (Å²) in [6.07, 6.45) is 1.22. The zero-order valence-corrected chi connectivity index (χ0v) is 17.6. The van der Waals surface area contributed by atoms with Crippen molar-refractivity contribution in [3.05, 3.63) is 61.0 Å². The van der Waals surface area contributed by atoms with Gasteiger partial charge in [-0.25, -0.2) is 9.69 Å². The number of carbonyl (C=O) groups is 3. The summed E-state index contributed by atoms with van der Waals surface area (Å²) in [5.74, 6) is -1.81. The number of imide groups is 2.